The Morgan fingerprint density at radius 3 is 2.42 bits per heavy atom. The number of aromatic nitrogens is 1. The lowest BCUT2D eigenvalue weighted by molar-refractivity contribution is -0.114. The van der Waals surface area contributed by atoms with Gasteiger partial charge in [-0.25, -0.2) is 13.8 Å². The average molecular weight is 345 g/mol. The lowest BCUT2D eigenvalue weighted by atomic mass is 10.2. The second kappa shape index (κ2) is 6.76. The highest BCUT2D eigenvalue weighted by Gasteiger charge is 2.08. The van der Waals surface area contributed by atoms with Gasteiger partial charge in [0.05, 0.1) is 5.69 Å². The molecule has 0 atom stereocenters. The number of anilines is 3. The van der Waals surface area contributed by atoms with E-state index in [4.69, 9.17) is 0 Å². The minimum Gasteiger partial charge on any atom is -0.332 e. The first kappa shape index (κ1) is 16.1. The van der Waals surface area contributed by atoms with Crippen molar-refractivity contribution in [1.29, 1.82) is 0 Å². The van der Waals surface area contributed by atoms with E-state index in [2.05, 4.69) is 15.6 Å². The molecule has 24 heavy (non-hydrogen) atoms. The van der Waals surface area contributed by atoms with Crippen LogP contribution in [0.25, 0.3) is 11.3 Å². The number of nitrogens with zero attached hydrogens (tertiary/aromatic N) is 1. The molecule has 2 aromatic carbocycles. The molecule has 1 heterocycles. The van der Waals surface area contributed by atoms with Crippen molar-refractivity contribution >= 4 is 33.8 Å². The molecule has 0 saturated heterocycles. The van der Waals surface area contributed by atoms with Gasteiger partial charge in [-0.1, -0.05) is 0 Å². The molecule has 0 aliphatic rings. The van der Waals surface area contributed by atoms with Crippen LogP contribution in [0.2, 0.25) is 0 Å². The lowest BCUT2D eigenvalue weighted by Gasteiger charge is -2.05. The SMILES string of the molecule is CC(=O)Nc1ccc(Nc2nc(-c3ccc(F)c(F)c3)cs2)cc1. The predicted molar refractivity (Wildman–Crippen MR) is 91.5 cm³/mol. The molecular weight excluding hydrogens is 332 g/mol. The molecule has 0 fully saturated rings. The molecule has 0 spiro atoms. The summed E-state index contributed by atoms with van der Waals surface area (Å²) < 4.78 is 26.3. The van der Waals surface area contributed by atoms with E-state index in [1.54, 1.807) is 17.5 Å². The van der Waals surface area contributed by atoms with Gasteiger partial charge in [0.1, 0.15) is 0 Å². The molecule has 0 radical (unpaired) electrons. The number of halogens is 2. The predicted octanol–water partition coefficient (Wildman–Crippen LogP) is 4.79. The van der Waals surface area contributed by atoms with Crippen LogP contribution in [0.15, 0.2) is 47.8 Å². The van der Waals surface area contributed by atoms with E-state index in [1.165, 1.54) is 24.3 Å². The van der Waals surface area contributed by atoms with Crippen molar-refractivity contribution in [2.45, 2.75) is 6.92 Å². The molecule has 0 saturated carbocycles. The van der Waals surface area contributed by atoms with Crippen molar-refractivity contribution < 1.29 is 13.6 Å². The van der Waals surface area contributed by atoms with Crippen molar-refractivity contribution in [2.75, 3.05) is 10.6 Å². The molecule has 3 rings (SSSR count). The highest BCUT2D eigenvalue weighted by Crippen LogP contribution is 2.28. The Labute approximate surface area is 141 Å². The van der Waals surface area contributed by atoms with E-state index in [0.29, 0.717) is 22.1 Å². The maximum atomic E-state index is 13.3. The van der Waals surface area contributed by atoms with Crippen LogP contribution in [0.5, 0.6) is 0 Å². The number of hydrogen-bond donors (Lipinski definition) is 2. The molecule has 0 aliphatic heterocycles. The number of thiazole rings is 1. The summed E-state index contributed by atoms with van der Waals surface area (Å²) in [6, 6.07) is 10.8. The number of rotatable bonds is 4. The van der Waals surface area contributed by atoms with Gasteiger partial charge in [-0.05, 0) is 42.5 Å². The second-order valence-corrected chi connectivity index (χ2v) is 5.91. The number of carbonyl (C=O) groups is 1. The van der Waals surface area contributed by atoms with Crippen LogP contribution < -0.4 is 10.6 Å². The number of carbonyl (C=O) groups excluding carboxylic acids is 1. The maximum Gasteiger partial charge on any atom is 0.221 e. The number of benzene rings is 2. The van der Waals surface area contributed by atoms with Crippen LogP contribution in [0.3, 0.4) is 0 Å². The largest absolute Gasteiger partial charge is 0.332 e. The van der Waals surface area contributed by atoms with E-state index >= 15 is 0 Å². The van der Waals surface area contributed by atoms with E-state index in [-0.39, 0.29) is 5.91 Å². The second-order valence-electron chi connectivity index (χ2n) is 5.05. The summed E-state index contributed by atoms with van der Waals surface area (Å²) in [5, 5.41) is 8.20. The highest BCUT2D eigenvalue weighted by atomic mass is 32.1. The zero-order valence-electron chi connectivity index (χ0n) is 12.6. The molecule has 4 nitrogen and oxygen atoms in total. The van der Waals surface area contributed by atoms with Crippen molar-refractivity contribution in [3.63, 3.8) is 0 Å². The summed E-state index contributed by atoms with van der Waals surface area (Å²) in [5.74, 6) is -1.91. The minimum atomic E-state index is -0.899. The summed E-state index contributed by atoms with van der Waals surface area (Å²) in [6.45, 7) is 1.45. The Bertz CT molecular complexity index is 878. The van der Waals surface area contributed by atoms with Gasteiger partial charge in [-0.2, -0.15) is 0 Å². The summed E-state index contributed by atoms with van der Waals surface area (Å²) in [7, 11) is 0. The first-order valence-corrected chi connectivity index (χ1v) is 7.95. The third-order valence-electron chi connectivity index (χ3n) is 3.18. The van der Waals surface area contributed by atoms with E-state index in [0.717, 1.165) is 17.8 Å². The zero-order valence-corrected chi connectivity index (χ0v) is 13.5. The smallest absolute Gasteiger partial charge is 0.221 e. The van der Waals surface area contributed by atoms with Gasteiger partial charge in [0.25, 0.3) is 0 Å². The van der Waals surface area contributed by atoms with Gasteiger partial charge >= 0.3 is 0 Å². The highest BCUT2D eigenvalue weighted by molar-refractivity contribution is 7.14. The van der Waals surface area contributed by atoms with Crippen molar-refractivity contribution in [3.05, 3.63) is 59.5 Å². The quantitative estimate of drug-likeness (QED) is 0.715. The van der Waals surface area contributed by atoms with Gasteiger partial charge in [0.2, 0.25) is 5.91 Å². The Balaban J connectivity index is 1.73. The van der Waals surface area contributed by atoms with Crippen LogP contribution in [0, 0.1) is 11.6 Å². The van der Waals surface area contributed by atoms with Crippen LogP contribution in [-0.2, 0) is 4.79 Å². The van der Waals surface area contributed by atoms with Crippen LogP contribution in [0.1, 0.15) is 6.92 Å². The molecule has 122 valence electrons. The molecule has 0 aliphatic carbocycles. The molecule has 7 heteroatoms. The number of hydrogen-bond acceptors (Lipinski definition) is 4. The van der Waals surface area contributed by atoms with Gasteiger partial charge < -0.3 is 10.6 Å². The summed E-state index contributed by atoms with van der Waals surface area (Å²) >= 11 is 1.36. The Morgan fingerprint density at radius 2 is 1.75 bits per heavy atom. The molecule has 0 unspecified atom stereocenters. The normalized spacial score (nSPS) is 10.5. The Hall–Kier alpha value is -2.80. The molecule has 1 amide bonds. The Kier molecular flexibility index (Phi) is 4.52. The van der Waals surface area contributed by atoms with E-state index in [9.17, 15) is 13.6 Å². The standard InChI is InChI=1S/C17H13F2N3OS/c1-10(23)20-12-3-5-13(6-4-12)21-17-22-16(9-24-17)11-2-7-14(18)15(19)8-11/h2-9H,1H3,(H,20,23)(H,21,22). The fourth-order valence-corrected chi connectivity index (χ4v) is 2.82. The number of amides is 1. The van der Waals surface area contributed by atoms with Gasteiger partial charge in [-0.3, -0.25) is 4.79 Å². The van der Waals surface area contributed by atoms with Crippen LogP contribution >= 0.6 is 11.3 Å². The summed E-state index contributed by atoms with van der Waals surface area (Å²) in [6.07, 6.45) is 0. The topological polar surface area (TPSA) is 54.0 Å². The van der Waals surface area contributed by atoms with Crippen LogP contribution in [-0.4, -0.2) is 10.9 Å². The van der Waals surface area contributed by atoms with Gasteiger partial charge in [0.15, 0.2) is 16.8 Å². The lowest BCUT2D eigenvalue weighted by Crippen LogP contribution is -2.05. The third kappa shape index (κ3) is 3.75. The fraction of sp³-hybridized carbons (Fsp3) is 0.0588. The van der Waals surface area contributed by atoms with Crippen molar-refractivity contribution in [2.24, 2.45) is 0 Å². The minimum absolute atomic E-state index is 0.133. The molecular formula is C17H13F2N3OS. The van der Waals surface area contributed by atoms with E-state index in [1.807, 2.05) is 12.1 Å². The van der Waals surface area contributed by atoms with Crippen molar-refractivity contribution in [3.8, 4) is 11.3 Å². The first-order chi connectivity index (χ1) is 11.5. The molecule has 0 bridgehead atoms. The zero-order chi connectivity index (χ0) is 17.1. The number of nitrogens with one attached hydrogen (secondary N) is 2. The monoisotopic (exact) mass is 345 g/mol. The average Bonchev–Trinajstić information content (AvgIpc) is 3.00. The fourth-order valence-electron chi connectivity index (χ4n) is 2.08. The van der Waals surface area contributed by atoms with Gasteiger partial charge in [0, 0.05) is 29.2 Å². The van der Waals surface area contributed by atoms with Crippen LogP contribution in [0.4, 0.5) is 25.3 Å². The summed E-state index contributed by atoms with van der Waals surface area (Å²) in [4.78, 5) is 15.4. The summed E-state index contributed by atoms with van der Waals surface area (Å²) in [5.41, 5.74) is 2.58. The Morgan fingerprint density at radius 1 is 1.04 bits per heavy atom. The molecule has 1 aromatic heterocycles. The first-order valence-electron chi connectivity index (χ1n) is 7.07. The van der Waals surface area contributed by atoms with Gasteiger partial charge in [-0.15, -0.1) is 11.3 Å². The third-order valence-corrected chi connectivity index (χ3v) is 3.93. The molecule has 2 N–H and O–H groups in total. The van der Waals surface area contributed by atoms with Crippen molar-refractivity contribution in [1.82, 2.24) is 4.98 Å². The van der Waals surface area contributed by atoms with E-state index < -0.39 is 11.6 Å². The molecule has 3 aromatic rings. The maximum absolute atomic E-state index is 13.3.